The minimum atomic E-state index is -0.577. The average molecular weight is 304 g/mol. The Morgan fingerprint density at radius 3 is 3.00 bits per heavy atom. The summed E-state index contributed by atoms with van der Waals surface area (Å²) in [5, 5.41) is 15.3. The van der Waals surface area contributed by atoms with Crippen LogP contribution in [0.25, 0.3) is 0 Å². The number of aliphatic hydroxyl groups is 1. The number of nitrogens with zero attached hydrogens (tertiary/aromatic N) is 2. The fraction of sp³-hybridized carbons (Fsp3) is 0.438. The number of hydrogen-bond donors (Lipinski definition) is 1. The number of hydrogen-bond acceptors (Lipinski definition) is 4. The predicted molar refractivity (Wildman–Crippen MR) is 83.8 cm³/mol. The smallest absolute Gasteiger partial charge is 0.162 e. The Morgan fingerprint density at radius 1 is 1.48 bits per heavy atom. The number of aliphatic hydroxyl groups excluding tert-OH is 1. The summed E-state index contributed by atoms with van der Waals surface area (Å²) in [4.78, 5) is 1.27. The van der Waals surface area contributed by atoms with Crippen molar-refractivity contribution in [2.24, 2.45) is 0 Å². The van der Waals surface area contributed by atoms with Crippen molar-refractivity contribution in [3.8, 4) is 5.75 Å². The highest BCUT2D eigenvalue weighted by Crippen LogP contribution is 2.44. The molecule has 0 bridgehead atoms. The van der Waals surface area contributed by atoms with Crippen molar-refractivity contribution in [3.63, 3.8) is 0 Å². The third kappa shape index (κ3) is 2.68. The maximum absolute atomic E-state index is 10.8. The van der Waals surface area contributed by atoms with Gasteiger partial charge in [0.2, 0.25) is 0 Å². The van der Waals surface area contributed by atoms with Crippen LogP contribution in [0.3, 0.4) is 0 Å². The molecule has 2 atom stereocenters. The van der Waals surface area contributed by atoms with E-state index in [0.717, 1.165) is 25.1 Å². The van der Waals surface area contributed by atoms with Crippen LogP contribution < -0.4 is 4.74 Å². The molecule has 1 aliphatic heterocycles. The molecule has 0 saturated heterocycles. The lowest BCUT2D eigenvalue weighted by atomic mass is 10.0. The molecule has 4 nitrogen and oxygen atoms in total. The van der Waals surface area contributed by atoms with E-state index < -0.39 is 6.10 Å². The maximum atomic E-state index is 10.8. The molecule has 5 heteroatoms. The SMILES string of the molecule is CCCn1ncc(OC)c1C(O)C1Cc2ccccc2S1. The minimum absolute atomic E-state index is 0.114. The molecule has 1 aromatic heterocycles. The summed E-state index contributed by atoms with van der Waals surface area (Å²) in [5.74, 6) is 0.674. The van der Waals surface area contributed by atoms with Crippen LogP contribution in [0, 0.1) is 0 Å². The van der Waals surface area contributed by atoms with Gasteiger partial charge in [-0.2, -0.15) is 5.10 Å². The molecule has 112 valence electrons. The lowest BCUT2D eigenvalue weighted by molar-refractivity contribution is 0.159. The third-order valence-corrected chi connectivity index (χ3v) is 5.18. The van der Waals surface area contributed by atoms with Crippen LogP contribution >= 0.6 is 11.8 Å². The lowest BCUT2D eigenvalue weighted by Gasteiger charge is -2.19. The molecule has 0 fully saturated rings. The molecular weight excluding hydrogens is 284 g/mol. The third-order valence-electron chi connectivity index (χ3n) is 3.80. The number of ether oxygens (including phenoxy) is 1. The molecule has 0 aliphatic carbocycles. The number of thioether (sulfide) groups is 1. The topological polar surface area (TPSA) is 47.3 Å². The van der Waals surface area contributed by atoms with E-state index in [1.54, 1.807) is 25.1 Å². The van der Waals surface area contributed by atoms with Crippen molar-refractivity contribution in [1.29, 1.82) is 0 Å². The molecule has 3 rings (SSSR count). The number of aryl methyl sites for hydroxylation is 1. The van der Waals surface area contributed by atoms with Crippen molar-refractivity contribution in [2.75, 3.05) is 7.11 Å². The van der Waals surface area contributed by atoms with Gasteiger partial charge >= 0.3 is 0 Å². The van der Waals surface area contributed by atoms with Crippen molar-refractivity contribution in [3.05, 3.63) is 41.7 Å². The number of methoxy groups -OCH3 is 1. The first-order valence-corrected chi connectivity index (χ1v) is 8.15. The van der Waals surface area contributed by atoms with E-state index in [1.807, 2.05) is 10.7 Å². The van der Waals surface area contributed by atoms with Crippen LogP contribution in [0.15, 0.2) is 35.4 Å². The number of rotatable bonds is 5. The average Bonchev–Trinajstić information content (AvgIpc) is 3.10. The Bertz CT molecular complexity index is 601. The molecule has 2 unspecified atom stereocenters. The zero-order valence-corrected chi connectivity index (χ0v) is 13.1. The van der Waals surface area contributed by atoms with Gasteiger partial charge in [-0.05, 0) is 24.5 Å². The van der Waals surface area contributed by atoms with E-state index in [0.29, 0.717) is 5.75 Å². The number of aromatic nitrogens is 2. The van der Waals surface area contributed by atoms with Gasteiger partial charge in [0.05, 0.1) is 13.3 Å². The van der Waals surface area contributed by atoms with Gasteiger partial charge in [0, 0.05) is 16.7 Å². The van der Waals surface area contributed by atoms with Gasteiger partial charge in [0.25, 0.3) is 0 Å². The molecule has 0 radical (unpaired) electrons. The second-order valence-electron chi connectivity index (χ2n) is 5.23. The van der Waals surface area contributed by atoms with E-state index >= 15 is 0 Å². The van der Waals surface area contributed by atoms with Crippen LogP contribution in [0.5, 0.6) is 5.75 Å². The predicted octanol–water partition coefficient (Wildman–Crippen LogP) is 3.05. The second-order valence-corrected chi connectivity index (χ2v) is 6.52. The van der Waals surface area contributed by atoms with Gasteiger partial charge < -0.3 is 9.84 Å². The van der Waals surface area contributed by atoms with E-state index in [2.05, 4.69) is 30.2 Å². The Hall–Kier alpha value is -1.46. The molecule has 0 saturated carbocycles. The van der Waals surface area contributed by atoms with Gasteiger partial charge in [0.1, 0.15) is 11.8 Å². The van der Waals surface area contributed by atoms with E-state index in [9.17, 15) is 5.11 Å². The first-order chi connectivity index (χ1) is 10.2. The van der Waals surface area contributed by atoms with Crippen LogP contribution in [0.1, 0.15) is 30.7 Å². The Morgan fingerprint density at radius 2 is 2.29 bits per heavy atom. The maximum Gasteiger partial charge on any atom is 0.162 e. The van der Waals surface area contributed by atoms with Crippen molar-refractivity contribution in [1.82, 2.24) is 9.78 Å². The molecule has 1 N–H and O–H groups in total. The van der Waals surface area contributed by atoms with E-state index in [-0.39, 0.29) is 5.25 Å². The van der Waals surface area contributed by atoms with Gasteiger partial charge in [-0.25, -0.2) is 0 Å². The highest BCUT2D eigenvalue weighted by atomic mass is 32.2. The highest BCUT2D eigenvalue weighted by Gasteiger charge is 2.33. The zero-order chi connectivity index (χ0) is 14.8. The van der Waals surface area contributed by atoms with E-state index in [4.69, 9.17) is 4.74 Å². The molecule has 2 heterocycles. The van der Waals surface area contributed by atoms with Crippen molar-refractivity contribution < 1.29 is 9.84 Å². The summed E-state index contributed by atoms with van der Waals surface area (Å²) in [6.07, 6.45) is 2.97. The standard InChI is InChI=1S/C16H20N2O2S/c1-3-8-18-15(12(20-2)10-17-18)16(19)14-9-11-6-4-5-7-13(11)21-14/h4-7,10,14,16,19H,3,8-9H2,1-2H3. The fourth-order valence-corrected chi connectivity index (χ4v) is 4.09. The fourth-order valence-electron chi connectivity index (χ4n) is 2.78. The lowest BCUT2D eigenvalue weighted by Crippen LogP contribution is -2.19. The van der Waals surface area contributed by atoms with Crippen LogP contribution in [0.4, 0.5) is 0 Å². The Kier molecular flexibility index (Phi) is 4.22. The first kappa shape index (κ1) is 14.5. The molecule has 0 spiro atoms. The van der Waals surface area contributed by atoms with Crippen LogP contribution in [-0.4, -0.2) is 27.2 Å². The molecule has 1 aromatic carbocycles. The number of benzene rings is 1. The normalized spacial score (nSPS) is 18.5. The molecule has 21 heavy (non-hydrogen) atoms. The monoisotopic (exact) mass is 304 g/mol. The summed E-state index contributed by atoms with van der Waals surface area (Å²) in [5.41, 5.74) is 2.11. The Labute approximate surface area is 129 Å². The van der Waals surface area contributed by atoms with Gasteiger partial charge in [-0.1, -0.05) is 25.1 Å². The Balaban J connectivity index is 1.86. The van der Waals surface area contributed by atoms with Crippen LogP contribution in [-0.2, 0) is 13.0 Å². The van der Waals surface area contributed by atoms with Crippen molar-refractivity contribution >= 4 is 11.8 Å². The van der Waals surface area contributed by atoms with Gasteiger partial charge in [-0.15, -0.1) is 11.8 Å². The van der Waals surface area contributed by atoms with Gasteiger partial charge in [0.15, 0.2) is 5.75 Å². The second kappa shape index (κ2) is 6.12. The van der Waals surface area contributed by atoms with E-state index in [1.165, 1.54) is 10.5 Å². The summed E-state index contributed by atoms with van der Waals surface area (Å²) in [7, 11) is 1.63. The quantitative estimate of drug-likeness (QED) is 0.922. The van der Waals surface area contributed by atoms with Crippen molar-refractivity contribution in [2.45, 2.75) is 42.6 Å². The first-order valence-electron chi connectivity index (χ1n) is 7.27. The van der Waals surface area contributed by atoms with Gasteiger partial charge in [-0.3, -0.25) is 4.68 Å². The zero-order valence-electron chi connectivity index (χ0n) is 12.3. The summed E-state index contributed by atoms with van der Waals surface area (Å²) >= 11 is 1.74. The molecular formula is C16H20N2O2S. The molecule has 1 aliphatic rings. The summed E-state index contributed by atoms with van der Waals surface area (Å²) in [6.45, 7) is 2.89. The molecule has 2 aromatic rings. The highest BCUT2D eigenvalue weighted by molar-refractivity contribution is 8.00. The van der Waals surface area contributed by atoms with Crippen LogP contribution in [0.2, 0.25) is 0 Å². The summed E-state index contributed by atoms with van der Waals surface area (Å²) < 4.78 is 7.25. The number of fused-ring (bicyclic) bond motifs is 1. The minimum Gasteiger partial charge on any atom is -0.493 e. The molecule has 0 amide bonds. The largest absolute Gasteiger partial charge is 0.493 e. The summed E-state index contributed by atoms with van der Waals surface area (Å²) in [6, 6.07) is 8.35.